The molecule has 1 aromatic heterocycles. The normalized spacial score (nSPS) is 10.2. The van der Waals surface area contributed by atoms with E-state index >= 15 is 0 Å². The van der Waals surface area contributed by atoms with Crippen molar-refractivity contribution in [3.63, 3.8) is 0 Å². The van der Waals surface area contributed by atoms with Crippen molar-refractivity contribution in [3.05, 3.63) is 59.7 Å². The summed E-state index contributed by atoms with van der Waals surface area (Å²) in [6.07, 6.45) is 3.51. The Bertz CT molecular complexity index is 586. The highest BCUT2D eigenvalue weighted by atomic mass is 19.1. The first kappa shape index (κ1) is 13.0. The van der Waals surface area contributed by atoms with E-state index in [0.29, 0.717) is 24.2 Å². The van der Waals surface area contributed by atoms with Gasteiger partial charge in [0.15, 0.2) is 0 Å². The number of carbonyl (C=O) groups excluding carboxylic acids is 1. The van der Waals surface area contributed by atoms with E-state index in [2.05, 4.69) is 10.3 Å². The van der Waals surface area contributed by atoms with E-state index in [9.17, 15) is 9.18 Å². The number of nitrogens with two attached hydrogens (primary N) is 1. The Morgan fingerprint density at radius 1 is 1.37 bits per heavy atom. The summed E-state index contributed by atoms with van der Waals surface area (Å²) in [5.74, 6) is -0.529. The molecule has 5 heteroatoms. The molecule has 0 saturated heterocycles. The standard InChI is InChI=1S/C14H14FN3O/c15-11-3-1-2-10(8-11)4-7-18-14(19)12-5-6-17-9-13(12)16/h1-3,5-6,8-9H,4,7,16H2,(H,18,19). The van der Waals surface area contributed by atoms with Crippen LogP contribution in [0.2, 0.25) is 0 Å². The van der Waals surface area contributed by atoms with Gasteiger partial charge in [-0.05, 0) is 30.2 Å². The summed E-state index contributed by atoms with van der Waals surface area (Å²) < 4.78 is 13.0. The molecule has 0 unspecified atom stereocenters. The zero-order valence-corrected chi connectivity index (χ0v) is 10.3. The van der Waals surface area contributed by atoms with Gasteiger partial charge in [0.2, 0.25) is 0 Å². The molecule has 0 saturated carbocycles. The van der Waals surface area contributed by atoms with E-state index < -0.39 is 0 Å². The molecule has 0 aliphatic rings. The molecule has 0 spiro atoms. The fraction of sp³-hybridized carbons (Fsp3) is 0.143. The number of nitrogens with zero attached hydrogens (tertiary/aromatic N) is 1. The van der Waals surface area contributed by atoms with Crippen molar-refractivity contribution in [2.45, 2.75) is 6.42 Å². The Hall–Kier alpha value is -2.43. The first-order valence-corrected chi connectivity index (χ1v) is 5.89. The van der Waals surface area contributed by atoms with E-state index in [4.69, 9.17) is 5.73 Å². The van der Waals surface area contributed by atoms with Crippen molar-refractivity contribution in [1.29, 1.82) is 0 Å². The molecule has 0 radical (unpaired) electrons. The van der Waals surface area contributed by atoms with Gasteiger partial charge in [-0.2, -0.15) is 0 Å². The summed E-state index contributed by atoms with van der Waals surface area (Å²) in [5.41, 5.74) is 7.22. The number of hydrogen-bond donors (Lipinski definition) is 2. The van der Waals surface area contributed by atoms with Gasteiger partial charge in [0.05, 0.1) is 17.4 Å². The Labute approximate surface area is 110 Å². The van der Waals surface area contributed by atoms with Gasteiger partial charge >= 0.3 is 0 Å². The molecule has 2 aromatic rings. The molecule has 4 nitrogen and oxygen atoms in total. The second-order valence-corrected chi connectivity index (χ2v) is 4.10. The van der Waals surface area contributed by atoms with Crippen LogP contribution in [0.1, 0.15) is 15.9 Å². The average molecular weight is 259 g/mol. The van der Waals surface area contributed by atoms with Crippen LogP contribution in [0.25, 0.3) is 0 Å². The first-order chi connectivity index (χ1) is 9.16. The Morgan fingerprint density at radius 3 is 2.95 bits per heavy atom. The third-order valence-corrected chi connectivity index (χ3v) is 2.68. The molecule has 0 aliphatic carbocycles. The fourth-order valence-corrected chi connectivity index (χ4v) is 1.72. The third kappa shape index (κ3) is 3.51. The van der Waals surface area contributed by atoms with E-state index in [0.717, 1.165) is 5.56 Å². The minimum atomic E-state index is -0.276. The summed E-state index contributed by atoms with van der Waals surface area (Å²) in [6.45, 7) is 0.421. The second-order valence-electron chi connectivity index (χ2n) is 4.10. The van der Waals surface area contributed by atoms with Crippen LogP contribution in [-0.4, -0.2) is 17.4 Å². The predicted molar refractivity (Wildman–Crippen MR) is 71.1 cm³/mol. The second kappa shape index (κ2) is 5.95. The molecule has 1 amide bonds. The molecular formula is C14H14FN3O. The van der Waals surface area contributed by atoms with E-state index in [1.807, 2.05) is 6.07 Å². The average Bonchev–Trinajstić information content (AvgIpc) is 2.39. The van der Waals surface area contributed by atoms with Crippen molar-refractivity contribution in [2.24, 2.45) is 0 Å². The number of rotatable bonds is 4. The van der Waals surface area contributed by atoms with Crippen molar-refractivity contribution in [2.75, 3.05) is 12.3 Å². The molecule has 0 fully saturated rings. The molecule has 98 valence electrons. The van der Waals surface area contributed by atoms with Crippen LogP contribution in [0.15, 0.2) is 42.7 Å². The molecule has 1 heterocycles. The molecule has 0 atom stereocenters. The van der Waals surface area contributed by atoms with Crippen molar-refractivity contribution < 1.29 is 9.18 Å². The summed E-state index contributed by atoms with van der Waals surface area (Å²) in [5, 5.41) is 2.74. The van der Waals surface area contributed by atoms with E-state index in [-0.39, 0.29) is 11.7 Å². The molecule has 0 aliphatic heterocycles. The molecular weight excluding hydrogens is 245 g/mol. The van der Waals surface area contributed by atoms with Crippen molar-refractivity contribution >= 4 is 11.6 Å². The number of nitrogen functional groups attached to an aromatic ring is 1. The lowest BCUT2D eigenvalue weighted by atomic mass is 10.1. The largest absolute Gasteiger partial charge is 0.397 e. The van der Waals surface area contributed by atoms with Gasteiger partial charge in [-0.1, -0.05) is 12.1 Å². The molecule has 1 aromatic carbocycles. The fourth-order valence-electron chi connectivity index (χ4n) is 1.72. The smallest absolute Gasteiger partial charge is 0.253 e. The van der Waals surface area contributed by atoms with Crippen LogP contribution >= 0.6 is 0 Å². The number of carbonyl (C=O) groups is 1. The molecule has 0 bridgehead atoms. The third-order valence-electron chi connectivity index (χ3n) is 2.68. The van der Waals surface area contributed by atoms with Gasteiger partial charge in [0.1, 0.15) is 5.82 Å². The van der Waals surface area contributed by atoms with Crippen LogP contribution in [0, 0.1) is 5.82 Å². The van der Waals surface area contributed by atoms with Crippen molar-refractivity contribution in [1.82, 2.24) is 10.3 Å². The number of amides is 1. The van der Waals surface area contributed by atoms with Crippen molar-refractivity contribution in [3.8, 4) is 0 Å². The number of aromatic nitrogens is 1. The van der Waals surface area contributed by atoms with Gasteiger partial charge in [-0.25, -0.2) is 4.39 Å². The molecule has 3 N–H and O–H groups in total. The van der Waals surface area contributed by atoms with E-state index in [1.165, 1.54) is 24.5 Å². The zero-order valence-electron chi connectivity index (χ0n) is 10.3. The van der Waals surface area contributed by atoms with Crippen LogP contribution < -0.4 is 11.1 Å². The maximum Gasteiger partial charge on any atom is 0.253 e. The van der Waals surface area contributed by atoms with Gasteiger partial charge in [0.25, 0.3) is 5.91 Å². The summed E-state index contributed by atoms with van der Waals surface area (Å²) in [6, 6.07) is 7.86. The Balaban J connectivity index is 1.90. The number of benzene rings is 1. The van der Waals surface area contributed by atoms with Gasteiger partial charge in [0, 0.05) is 12.7 Å². The Kier molecular flexibility index (Phi) is 4.07. The quantitative estimate of drug-likeness (QED) is 0.879. The predicted octanol–water partition coefficient (Wildman–Crippen LogP) is 1.78. The van der Waals surface area contributed by atoms with Crippen LogP contribution in [0.4, 0.5) is 10.1 Å². The van der Waals surface area contributed by atoms with Gasteiger partial charge in [-0.3, -0.25) is 9.78 Å². The van der Waals surface area contributed by atoms with Gasteiger partial charge in [-0.15, -0.1) is 0 Å². The monoisotopic (exact) mass is 259 g/mol. The first-order valence-electron chi connectivity index (χ1n) is 5.89. The lowest BCUT2D eigenvalue weighted by molar-refractivity contribution is 0.0955. The highest BCUT2D eigenvalue weighted by Gasteiger charge is 2.08. The number of nitrogens with one attached hydrogen (secondary N) is 1. The molecule has 19 heavy (non-hydrogen) atoms. The van der Waals surface area contributed by atoms with E-state index in [1.54, 1.807) is 12.1 Å². The zero-order chi connectivity index (χ0) is 13.7. The van der Waals surface area contributed by atoms with Crippen LogP contribution in [0.3, 0.4) is 0 Å². The summed E-state index contributed by atoms with van der Waals surface area (Å²) in [4.78, 5) is 15.6. The number of halogens is 1. The maximum atomic E-state index is 13.0. The van der Waals surface area contributed by atoms with Gasteiger partial charge < -0.3 is 11.1 Å². The lowest BCUT2D eigenvalue weighted by Crippen LogP contribution is -2.26. The SMILES string of the molecule is Nc1cnccc1C(=O)NCCc1cccc(F)c1. The Morgan fingerprint density at radius 2 is 2.21 bits per heavy atom. The number of anilines is 1. The lowest BCUT2D eigenvalue weighted by Gasteiger charge is -2.07. The van der Waals surface area contributed by atoms with Crippen LogP contribution in [0.5, 0.6) is 0 Å². The number of hydrogen-bond acceptors (Lipinski definition) is 3. The van der Waals surface area contributed by atoms with Crippen LogP contribution in [-0.2, 0) is 6.42 Å². The maximum absolute atomic E-state index is 13.0. The summed E-state index contributed by atoms with van der Waals surface area (Å²) in [7, 11) is 0. The summed E-state index contributed by atoms with van der Waals surface area (Å²) >= 11 is 0. The molecule has 2 rings (SSSR count). The highest BCUT2D eigenvalue weighted by Crippen LogP contribution is 2.08. The number of pyridine rings is 1. The minimum Gasteiger partial charge on any atom is -0.397 e. The highest BCUT2D eigenvalue weighted by molar-refractivity contribution is 5.98. The topological polar surface area (TPSA) is 68.0 Å². The minimum absolute atomic E-state index is 0.253.